The summed E-state index contributed by atoms with van der Waals surface area (Å²) in [6, 6.07) is -0.276. The van der Waals surface area contributed by atoms with E-state index in [0.29, 0.717) is 39.0 Å². The maximum Gasteiger partial charge on any atom is 0.234 e. The molecule has 2 aliphatic heterocycles. The highest BCUT2D eigenvalue weighted by atomic mass is 32.2. The molecule has 1 unspecified atom stereocenters. The van der Waals surface area contributed by atoms with Gasteiger partial charge >= 0.3 is 0 Å². The molecule has 1 amide bonds. The zero-order chi connectivity index (χ0) is 15.5. The molecule has 0 aromatic rings. The van der Waals surface area contributed by atoms with E-state index in [-0.39, 0.29) is 30.0 Å². The second kappa shape index (κ2) is 6.60. The Morgan fingerprint density at radius 3 is 2.67 bits per heavy atom. The molecular formula is C13H24N2O5S. The summed E-state index contributed by atoms with van der Waals surface area (Å²) >= 11 is 0. The third kappa shape index (κ3) is 5.21. The van der Waals surface area contributed by atoms with Crippen molar-refractivity contribution in [1.82, 2.24) is 10.2 Å². The first-order chi connectivity index (χ1) is 9.78. The quantitative estimate of drug-likeness (QED) is 0.658. The second-order valence-electron chi connectivity index (χ2n) is 6.18. The van der Waals surface area contributed by atoms with Gasteiger partial charge in [0, 0.05) is 38.6 Å². The van der Waals surface area contributed by atoms with E-state index in [0.717, 1.165) is 0 Å². The van der Waals surface area contributed by atoms with Crippen LogP contribution in [0.25, 0.3) is 0 Å². The number of nitrogens with one attached hydrogen (secondary N) is 1. The maximum absolute atomic E-state index is 11.9. The summed E-state index contributed by atoms with van der Waals surface area (Å²) in [5.41, 5.74) is -0.802. The molecule has 2 rings (SSSR count). The van der Waals surface area contributed by atoms with Gasteiger partial charge in [-0.3, -0.25) is 9.69 Å². The lowest BCUT2D eigenvalue weighted by Gasteiger charge is -2.35. The molecule has 2 N–H and O–H groups in total. The summed E-state index contributed by atoms with van der Waals surface area (Å²) in [5, 5.41) is 13.1. The van der Waals surface area contributed by atoms with Crippen LogP contribution in [0.1, 0.15) is 19.3 Å². The minimum absolute atomic E-state index is 0.0315. The summed E-state index contributed by atoms with van der Waals surface area (Å²) in [7, 11) is -1.21. The largest absolute Gasteiger partial charge is 0.388 e. The van der Waals surface area contributed by atoms with Gasteiger partial charge in [0.25, 0.3) is 0 Å². The molecule has 2 saturated heterocycles. The molecule has 21 heavy (non-hydrogen) atoms. The van der Waals surface area contributed by atoms with Crippen molar-refractivity contribution in [2.24, 2.45) is 0 Å². The fraction of sp³-hybridized carbons (Fsp3) is 0.923. The molecule has 0 spiro atoms. The Morgan fingerprint density at radius 2 is 2.10 bits per heavy atom. The van der Waals surface area contributed by atoms with E-state index in [4.69, 9.17) is 4.74 Å². The van der Waals surface area contributed by atoms with Gasteiger partial charge in [-0.25, -0.2) is 8.42 Å². The fourth-order valence-corrected chi connectivity index (χ4v) is 4.57. The number of hydrogen-bond donors (Lipinski definition) is 2. The molecule has 0 radical (unpaired) electrons. The lowest BCUT2D eigenvalue weighted by atomic mass is 9.94. The molecule has 1 atom stereocenters. The first-order valence-corrected chi connectivity index (χ1v) is 9.09. The summed E-state index contributed by atoms with van der Waals surface area (Å²) in [5.74, 6) is -0.0210. The van der Waals surface area contributed by atoms with Crippen molar-refractivity contribution < 1.29 is 23.1 Å². The normalized spacial score (nSPS) is 27.7. The molecule has 2 heterocycles. The molecular weight excluding hydrogens is 296 g/mol. The summed E-state index contributed by atoms with van der Waals surface area (Å²) < 4.78 is 27.9. The molecule has 8 heteroatoms. The van der Waals surface area contributed by atoms with Crippen LogP contribution in [-0.2, 0) is 19.4 Å². The van der Waals surface area contributed by atoms with Gasteiger partial charge < -0.3 is 15.2 Å². The standard InChI is InChI=1S/C13H24N2O5S/c1-15(10-13(17)3-5-20-6-4-13)8-12(16)14-11-2-7-21(18,19)9-11/h11,17H,2-10H2,1H3,(H,14,16). The van der Waals surface area contributed by atoms with E-state index in [1.165, 1.54) is 0 Å². The van der Waals surface area contributed by atoms with Gasteiger partial charge in [-0.1, -0.05) is 0 Å². The number of carbonyl (C=O) groups excluding carboxylic acids is 1. The Balaban J connectivity index is 1.74. The Morgan fingerprint density at radius 1 is 1.43 bits per heavy atom. The van der Waals surface area contributed by atoms with Crippen LogP contribution in [-0.4, -0.2) is 80.8 Å². The van der Waals surface area contributed by atoms with Crippen LogP contribution in [0, 0.1) is 0 Å². The van der Waals surface area contributed by atoms with E-state index in [1.807, 2.05) is 0 Å². The highest BCUT2D eigenvalue weighted by molar-refractivity contribution is 7.91. The van der Waals surface area contributed by atoms with Crippen molar-refractivity contribution in [2.75, 3.05) is 44.9 Å². The Hall–Kier alpha value is -0.700. The molecule has 0 aromatic carbocycles. The molecule has 0 aliphatic carbocycles. The van der Waals surface area contributed by atoms with Crippen molar-refractivity contribution in [3.05, 3.63) is 0 Å². The average molecular weight is 320 g/mol. The number of hydrogen-bond acceptors (Lipinski definition) is 6. The van der Waals surface area contributed by atoms with Gasteiger partial charge in [-0.15, -0.1) is 0 Å². The van der Waals surface area contributed by atoms with Crippen LogP contribution >= 0.6 is 0 Å². The van der Waals surface area contributed by atoms with Crippen LogP contribution in [0.15, 0.2) is 0 Å². The zero-order valence-electron chi connectivity index (χ0n) is 12.4. The number of amides is 1. The van der Waals surface area contributed by atoms with Crippen LogP contribution in [0.5, 0.6) is 0 Å². The van der Waals surface area contributed by atoms with Gasteiger partial charge in [-0.2, -0.15) is 0 Å². The minimum Gasteiger partial charge on any atom is -0.388 e. The van der Waals surface area contributed by atoms with E-state index < -0.39 is 15.4 Å². The predicted molar refractivity (Wildman–Crippen MR) is 77.7 cm³/mol. The number of sulfone groups is 1. The first kappa shape index (κ1) is 16.7. The second-order valence-corrected chi connectivity index (χ2v) is 8.41. The molecule has 2 fully saturated rings. The van der Waals surface area contributed by atoms with E-state index >= 15 is 0 Å². The van der Waals surface area contributed by atoms with Gasteiger partial charge in [0.2, 0.25) is 5.91 Å². The van der Waals surface area contributed by atoms with Crippen molar-refractivity contribution >= 4 is 15.7 Å². The summed E-state index contributed by atoms with van der Waals surface area (Å²) in [6.45, 7) is 1.64. The van der Waals surface area contributed by atoms with Gasteiger partial charge in [0.1, 0.15) is 0 Å². The zero-order valence-corrected chi connectivity index (χ0v) is 13.2. The van der Waals surface area contributed by atoms with Crippen LogP contribution in [0.2, 0.25) is 0 Å². The maximum atomic E-state index is 11.9. The number of likely N-dealkylation sites (N-methyl/N-ethyl adjacent to an activating group) is 1. The third-order valence-electron chi connectivity index (χ3n) is 4.00. The molecule has 7 nitrogen and oxygen atoms in total. The Kier molecular flexibility index (Phi) is 5.24. The highest BCUT2D eigenvalue weighted by Crippen LogP contribution is 2.21. The van der Waals surface area contributed by atoms with Gasteiger partial charge in [-0.05, 0) is 13.5 Å². The molecule has 122 valence electrons. The van der Waals surface area contributed by atoms with Crippen molar-refractivity contribution in [3.8, 4) is 0 Å². The lowest BCUT2D eigenvalue weighted by Crippen LogP contribution is -2.49. The number of carbonyl (C=O) groups is 1. The average Bonchev–Trinajstić information content (AvgIpc) is 2.68. The number of nitrogens with zero attached hydrogens (tertiary/aromatic N) is 1. The monoisotopic (exact) mass is 320 g/mol. The van der Waals surface area contributed by atoms with E-state index in [1.54, 1.807) is 11.9 Å². The van der Waals surface area contributed by atoms with Crippen molar-refractivity contribution in [2.45, 2.75) is 30.9 Å². The Labute approximate surface area is 125 Å². The summed E-state index contributed by atoms with van der Waals surface area (Å²) in [6.07, 6.45) is 1.62. The molecule has 0 saturated carbocycles. The fourth-order valence-electron chi connectivity index (χ4n) is 2.90. The minimum atomic E-state index is -2.98. The predicted octanol–water partition coefficient (Wildman–Crippen LogP) is -1.24. The number of ether oxygens (including phenoxy) is 1. The first-order valence-electron chi connectivity index (χ1n) is 7.26. The van der Waals surface area contributed by atoms with Crippen LogP contribution in [0.3, 0.4) is 0 Å². The molecule has 0 bridgehead atoms. The highest BCUT2D eigenvalue weighted by Gasteiger charge is 2.32. The molecule has 2 aliphatic rings. The SMILES string of the molecule is CN(CC(=O)NC1CCS(=O)(=O)C1)CC1(O)CCOCC1. The third-order valence-corrected chi connectivity index (χ3v) is 5.77. The van der Waals surface area contributed by atoms with Crippen LogP contribution < -0.4 is 5.32 Å². The number of rotatable bonds is 5. The van der Waals surface area contributed by atoms with Crippen molar-refractivity contribution in [3.63, 3.8) is 0 Å². The van der Waals surface area contributed by atoms with Gasteiger partial charge in [0.15, 0.2) is 9.84 Å². The Bertz CT molecular complexity index is 473. The van der Waals surface area contributed by atoms with Crippen molar-refractivity contribution in [1.29, 1.82) is 0 Å². The van der Waals surface area contributed by atoms with E-state index in [9.17, 15) is 18.3 Å². The molecule has 0 aromatic heterocycles. The van der Waals surface area contributed by atoms with E-state index in [2.05, 4.69) is 5.32 Å². The smallest absolute Gasteiger partial charge is 0.234 e. The summed E-state index contributed by atoms with van der Waals surface area (Å²) in [4.78, 5) is 13.7. The number of aliphatic hydroxyl groups is 1. The van der Waals surface area contributed by atoms with Crippen LogP contribution in [0.4, 0.5) is 0 Å². The lowest BCUT2D eigenvalue weighted by molar-refractivity contribution is -0.124. The topological polar surface area (TPSA) is 95.9 Å². The van der Waals surface area contributed by atoms with Gasteiger partial charge in [0.05, 0.1) is 23.7 Å².